The minimum absolute atomic E-state index is 0.360. The Morgan fingerprint density at radius 2 is 2.04 bits per heavy atom. The van der Waals surface area contributed by atoms with E-state index < -0.39 is 0 Å². The number of hydrogen-bond donors (Lipinski definition) is 0. The number of methoxy groups -OCH3 is 1. The van der Waals surface area contributed by atoms with Gasteiger partial charge < -0.3 is 14.4 Å². The minimum Gasteiger partial charge on any atom is -0.493 e. The highest BCUT2D eigenvalue weighted by Gasteiger charge is 2.21. The lowest BCUT2D eigenvalue weighted by Gasteiger charge is -2.32. The van der Waals surface area contributed by atoms with Crippen molar-refractivity contribution in [2.75, 3.05) is 31.7 Å². The van der Waals surface area contributed by atoms with Gasteiger partial charge in [-0.1, -0.05) is 6.07 Å². The molecule has 0 atom stereocenters. The molecule has 0 unspecified atom stereocenters. The normalized spacial score (nSPS) is 14.7. The van der Waals surface area contributed by atoms with E-state index in [1.807, 2.05) is 19.1 Å². The number of ether oxygens (including phenoxy) is 2. The summed E-state index contributed by atoms with van der Waals surface area (Å²) < 4.78 is 10.8. The van der Waals surface area contributed by atoms with Gasteiger partial charge in [0.2, 0.25) is 0 Å². The SMILES string of the molecule is COC(=O)c1ccc(C)c(OCC2CCN(c3ccc(C=O)cn3)CC2)c1. The zero-order valence-corrected chi connectivity index (χ0v) is 15.7. The monoisotopic (exact) mass is 368 g/mol. The van der Waals surface area contributed by atoms with Crippen LogP contribution in [-0.2, 0) is 4.74 Å². The summed E-state index contributed by atoms with van der Waals surface area (Å²) in [4.78, 5) is 29.0. The van der Waals surface area contributed by atoms with Gasteiger partial charge in [-0.15, -0.1) is 0 Å². The molecule has 3 rings (SSSR count). The Kier molecular flexibility index (Phi) is 6.06. The molecular formula is C21H24N2O4. The fourth-order valence-corrected chi connectivity index (χ4v) is 3.19. The van der Waals surface area contributed by atoms with Crippen molar-refractivity contribution in [1.29, 1.82) is 0 Å². The summed E-state index contributed by atoms with van der Waals surface area (Å²) in [6.45, 7) is 4.40. The van der Waals surface area contributed by atoms with E-state index in [2.05, 4.69) is 9.88 Å². The summed E-state index contributed by atoms with van der Waals surface area (Å²) >= 11 is 0. The van der Waals surface area contributed by atoms with Crippen LogP contribution in [0, 0.1) is 12.8 Å². The van der Waals surface area contributed by atoms with Gasteiger partial charge >= 0.3 is 5.97 Å². The van der Waals surface area contributed by atoms with E-state index in [1.165, 1.54) is 7.11 Å². The van der Waals surface area contributed by atoms with Gasteiger partial charge in [-0.05, 0) is 55.5 Å². The summed E-state index contributed by atoms with van der Waals surface area (Å²) in [5.41, 5.74) is 2.09. The molecule has 0 amide bonds. The third kappa shape index (κ3) is 4.64. The van der Waals surface area contributed by atoms with Crippen molar-refractivity contribution in [3.63, 3.8) is 0 Å². The Bertz CT molecular complexity index is 796. The van der Waals surface area contributed by atoms with Crippen molar-refractivity contribution in [3.8, 4) is 5.75 Å². The van der Waals surface area contributed by atoms with Crippen LogP contribution in [0.5, 0.6) is 5.75 Å². The smallest absolute Gasteiger partial charge is 0.337 e. The first-order valence-corrected chi connectivity index (χ1v) is 9.08. The maximum Gasteiger partial charge on any atom is 0.337 e. The molecule has 0 aliphatic carbocycles. The quantitative estimate of drug-likeness (QED) is 0.576. The van der Waals surface area contributed by atoms with Crippen LogP contribution in [0.1, 0.15) is 39.1 Å². The molecule has 0 saturated carbocycles. The zero-order valence-electron chi connectivity index (χ0n) is 15.7. The topological polar surface area (TPSA) is 68.7 Å². The fraction of sp³-hybridized carbons (Fsp3) is 0.381. The van der Waals surface area contributed by atoms with Gasteiger partial charge in [-0.2, -0.15) is 0 Å². The molecule has 0 N–H and O–H groups in total. The molecule has 6 heteroatoms. The first kappa shape index (κ1) is 18.9. The lowest BCUT2D eigenvalue weighted by Crippen LogP contribution is -2.36. The standard InChI is InChI=1S/C21H24N2O4/c1-15-3-5-18(21(25)26-2)11-19(15)27-14-16-7-9-23(10-8-16)20-6-4-17(13-24)12-22-20/h3-6,11-13,16H,7-10,14H2,1-2H3. The van der Waals surface area contributed by atoms with Gasteiger partial charge in [0, 0.05) is 24.8 Å². The van der Waals surface area contributed by atoms with E-state index in [0.717, 1.165) is 49.3 Å². The van der Waals surface area contributed by atoms with E-state index in [9.17, 15) is 9.59 Å². The molecular weight excluding hydrogens is 344 g/mol. The zero-order chi connectivity index (χ0) is 19.2. The number of aldehydes is 1. The van der Waals surface area contributed by atoms with Crippen molar-refractivity contribution < 1.29 is 19.1 Å². The summed E-state index contributed by atoms with van der Waals surface area (Å²) in [6, 6.07) is 9.05. The summed E-state index contributed by atoms with van der Waals surface area (Å²) in [5, 5.41) is 0. The van der Waals surface area contributed by atoms with Crippen molar-refractivity contribution >= 4 is 18.1 Å². The van der Waals surface area contributed by atoms with E-state index in [0.29, 0.717) is 23.7 Å². The molecule has 27 heavy (non-hydrogen) atoms. The van der Waals surface area contributed by atoms with Gasteiger partial charge in [0.05, 0.1) is 19.3 Å². The number of nitrogens with zero attached hydrogens (tertiary/aromatic N) is 2. The van der Waals surface area contributed by atoms with Crippen LogP contribution in [0.25, 0.3) is 0 Å². The second-order valence-electron chi connectivity index (χ2n) is 6.78. The predicted octanol–water partition coefficient (Wildman–Crippen LogP) is 3.28. The molecule has 6 nitrogen and oxygen atoms in total. The number of benzene rings is 1. The highest BCUT2D eigenvalue weighted by molar-refractivity contribution is 5.89. The highest BCUT2D eigenvalue weighted by Crippen LogP contribution is 2.25. The molecule has 1 fully saturated rings. The van der Waals surface area contributed by atoms with Gasteiger partial charge in [0.25, 0.3) is 0 Å². The summed E-state index contributed by atoms with van der Waals surface area (Å²) in [5.74, 6) is 1.73. The van der Waals surface area contributed by atoms with Crippen LogP contribution < -0.4 is 9.64 Å². The number of aryl methyl sites for hydroxylation is 1. The second-order valence-corrected chi connectivity index (χ2v) is 6.78. The first-order valence-electron chi connectivity index (χ1n) is 9.08. The van der Waals surface area contributed by atoms with Crippen molar-refractivity contribution in [3.05, 3.63) is 53.2 Å². The average Bonchev–Trinajstić information content (AvgIpc) is 2.73. The third-order valence-electron chi connectivity index (χ3n) is 4.93. The van der Waals surface area contributed by atoms with Crippen LogP contribution in [0.4, 0.5) is 5.82 Å². The Balaban J connectivity index is 1.53. The van der Waals surface area contributed by atoms with Crippen LogP contribution in [0.3, 0.4) is 0 Å². The molecule has 1 aromatic heterocycles. The lowest BCUT2D eigenvalue weighted by atomic mass is 9.97. The largest absolute Gasteiger partial charge is 0.493 e. The first-order chi connectivity index (χ1) is 13.1. The van der Waals surface area contributed by atoms with E-state index in [1.54, 1.807) is 24.4 Å². The maximum atomic E-state index is 11.7. The second kappa shape index (κ2) is 8.66. The van der Waals surface area contributed by atoms with Crippen LogP contribution in [0.15, 0.2) is 36.5 Å². The number of carbonyl (C=O) groups excluding carboxylic acids is 2. The fourth-order valence-electron chi connectivity index (χ4n) is 3.19. The Morgan fingerprint density at radius 3 is 2.67 bits per heavy atom. The number of pyridine rings is 1. The lowest BCUT2D eigenvalue weighted by molar-refractivity contribution is 0.0600. The Hall–Kier alpha value is -2.89. The number of aromatic nitrogens is 1. The van der Waals surface area contributed by atoms with Gasteiger partial charge in [-0.25, -0.2) is 9.78 Å². The number of esters is 1. The molecule has 2 heterocycles. The minimum atomic E-state index is -0.360. The number of piperidine rings is 1. The van der Waals surface area contributed by atoms with Crippen LogP contribution in [0.2, 0.25) is 0 Å². The Labute approximate surface area is 159 Å². The highest BCUT2D eigenvalue weighted by atomic mass is 16.5. The van der Waals surface area contributed by atoms with Crippen LogP contribution >= 0.6 is 0 Å². The third-order valence-corrected chi connectivity index (χ3v) is 4.93. The van der Waals surface area contributed by atoms with Gasteiger partial charge in [0.1, 0.15) is 11.6 Å². The summed E-state index contributed by atoms with van der Waals surface area (Å²) in [7, 11) is 1.37. The van der Waals surface area contributed by atoms with Crippen molar-refractivity contribution in [2.45, 2.75) is 19.8 Å². The number of anilines is 1. The van der Waals surface area contributed by atoms with E-state index in [-0.39, 0.29) is 5.97 Å². The summed E-state index contributed by atoms with van der Waals surface area (Å²) in [6.07, 6.45) is 4.42. The van der Waals surface area contributed by atoms with Gasteiger partial charge in [0.15, 0.2) is 6.29 Å². The molecule has 1 saturated heterocycles. The van der Waals surface area contributed by atoms with Crippen molar-refractivity contribution in [1.82, 2.24) is 4.98 Å². The molecule has 1 aromatic carbocycles. The molecule has 1 aliphatic heterocycles. The predicted molar refractivity (Wildman–Crippen MR) is 103 cm³/mol. The van der Waals surface area contributed by atoms with E-state index in [4.69, 9.17) is 9.47 Å². The van der Waals surface area contributed by atoms with Gasteiger partial charge in [-0.3, -0.25) is 4.79 Å². The molecule has 0 spiro atoms. The number of carbonyl (C=O) groups is 2. The molecule has 2 aromatic rings. The maximum absolute atomic E-state index is 11.7. The van der Waals surface area contributed by atoms with Crippen molar-refractivity contribution in [2.24, 2.45) is 5.92 Å². The molecule has 0 radical (unpaired) electrons. The number of hydrogen-bond acceptors (Lipinski definition) is 6. The number of rotatable bonds is 6. The van der Waals surface area contributed by atoms with Crippen LogP contribution in [-0.4, -0.2) is 44.0 Å². The average molecular weight is 368 g/mol. The Morgan fingerprint density at radius 1 is 1.26 bits per heavy atom. The molecule has 0 bridgehead atoms. The van der Waals surface area contributed by atoms with E-state index >= 15 is 0 Å². The molecule has 1 aliphatic rings. The molecule has 142 valence electrons.